The highest BCUT2D eigenvalue weighted by Gasteiger charge is 2.21. The predicted octanol–water partition coefficient (Wildman–Crippen LogP) is 6.54. The fraction of sp³-hybridized carbons (Fsp3) is 0.462. The number of nitrogens with zero attached hydrogens (tertiary/aromatic N) is 3. The van der Waals surface area contributed by atoms with Crippen LogP contribution >= 0.6 is 11.3 Å². The first kappa shape index (κ1) is 23.4. The highest BCUT2D eigenvalue weighted by Crippen LogP contribution is 2.40. The van der Waals surface area contributed by atoms with Gasteiger partial charge >= 0.3 is 0 Å². The van der Waals surface area contributed by atoms with Crippen molar-refractivity contribution in [3.63, 3.8) is 0 Å². The Morgan fingerprint density at radius 1 is 1.00 bits per heavy atom. The molecule has 2 N–H and O–H groups in total. The van der Waals surface area contributed by atoms with Gasteiger partial charge in [-0.05, 0) is 46.1 Å². The van der Waals surface area contributed by atoms with E-state index in [4.69, 9.17) is 10.7 Å². The smallest absolute Gasteiger partial charge is 0.186 e. The summed E-state index contributed by atoms with van der Waals surface area (Å²) in [5, 5.41) is 3.23. The molecule has 0 aliphatic carbocycles. The van der Waals surface area contributed by atoms with Crippen molar-refractivity contribution in [2.75, 3.05) is 18.0 Å². The number of nitrogens with two attached hydrogens (primary N) is 1. The second kappa shape index (κ2) is 10.4. The van der Waals surface area contributed by atoms with Gasteiger partial charge in [0.2, 0.25) is 0 Å². The minimum absolute atomic E-state index is 0.437. The summed E-state index contributed by atoms with van der Waals surface area (Å²) in [6, 6.07) is 8.86. The van der Waals surface area contributed by atoms with Gasteiger partial charge in [-0.3, -0.25) is 4.98 Å². The van der Waals surface area contributed by atoms with E-state index in [0.717, 1.165) is 23.9 Å². The van der Waals surface area contributed by atoms with Gasteiger partial charge in [-0.15, -0.1) is 11.3 Å². The van der Waals surface area contributed by atoms with Gasteiger partial charge in [0.15, 0.2) is 5.13 Å². The number of anilines is 1. The Morgan fingerprint density at radius 2 is 1.68 bits per heavy atom. The molecule has 0 bridgehead atoms. The number of hydrogen-bond acceptors (Lipinski definition) is 5. The van der Waals surface area contributed by atoms with E-state index < -0.39 is 0 Å². The van der Waals surface area contributed by atoms with Crippen LogP contribution in [0.1, 0.15) is 81.5 Å². The molecule has 0 radical (unpaired) electrons. The van der Waals surface area contributed by atoms with E-state index in [-0.39, 0.29) is 0 Å². The number of benzene rings is 1. The van der Waals surface area contributed by atoms with Crippen LogP contribution in [0.3, 0.4) is 0 Å². The van der Waals surface area contributed by atoms with Crippen LogP contribution in [0.2, 0.25) is 0 Å². The molecular formula is C26H36N4S. The average molecular weight is 437 g/mol. The Balaban J connectivity index is 2.05. The van der Waals surface area contributed by atoms with Crippen LogP contribution in [0.5, 0.6) is 0 Å². The zero-order valence-electron chi connectivity index (χ0n) is 19.7. The second-order valence-corrected chi connectivity index (χ2v) is 9.96. The molecule has 3 rings (SSSR count). The molecule has 0 amide bonds. The lowest BCUT2D eigenvalue weighted by Crippen LogP contribution is -2.28. The number of rotatable bonds is 9. The Morgan fingerprint density at radius 3 is 2.19 bits per heavy atom. The molecule has 1 aromatic carbocycles. The van der Waals surface area contributed by atoms with Crippen molar-refractivity contribution in [2.24, 2.45) is 5.73 Å². The molecule has 166 valence electrons. The minimum atomic E-state index is 0.437. The van der Waals surface area contributed by atoms with Gasteiger partial charge in [-0.25, -0.2) is 4.98 Å². The third-order valence-electron chi connectivity index (χ3n) is 5.65. The molecule has 0 atom stereocenters. The van der Waals surface area contributed by atoms with Gasteiger partial charge in [-0.1, -0.05) is 59.7 Å². The van der Waals surface area contributed by atoms with E-state index in [9.17, 15) is 0 Å². The van der Waals surface area contributed by atoms with Crippen molar-refractivity contribution < 1.29 is 0 Å². The van der Waals surface area contributed by atoms with Crippen molar-refractivity contribution in [3.8, 4) is 11.3 Å². The zero-order chi connectivity index (χ0) is 22.5. The highest BCUT2D eigenvalue weighted by atomic mass is 32.1. The van der Waals surface area contributed by atoms with Crippen molar-refractivity contribution in [1.29, 1.82) is 0 Å². The Kier molecular flexibility index (Phi) is 7.84. The van der Waals surface area contributed by atoms with Crippen LogP contribution in [0.15, 0.2) is 42.0 Å². The first-order valence-corrected chi connectivity index (χ1v) is 12.2. The Hall–Kier alpha value is -2.24. The zero-order valence-corrected chi connectivity index (χ0v) is 20.5. The van der Waals surface area contributed by atoms with Gasteiger partial charge in [0.05, 0.1) is 5.69 Å². The summed E-state index contributed by atoms with van der Waals surface area (Å²) in [5.41, 5.74) is 13.7. The van der Waals surface area contributed by atoms with Crippen LogP contribution in [0.4, 0.5) is 5.13 Å². The summed E-state index contributed by atoms with van der Waals surface area (Å²) >= 11 is 1.70. The van der Waals surface area contributed by atoms with Crippen molar-refractivity contribution in [3.05, 3.63) is 64.3 Å². The SMILES string of the molecule is CC(C)c1cc(C(C)C)c(-c2csc(N(CCN)Cc3cccnc3)n2)c(C(C)C)c1. The quantitative estimate of drug-likeness (QED) is 0.414. The molecule has 0 unspecified atom stereocenters. The molecule has 0 spiro atoms. The van der Waals surface area contributed by atoms with Crippen LogP contribution in [-0.2, 0) is 6.54 Å². The summed E-state index contributed by atoms with van der Waals surface area (Å²) in [4.78, 5) is 11.6. The fourth-order valence-corrected chi connectivity index (χ4v) is 4.73. The maximum atomic E-state index is 5.93. The van der Waals surface area contributed by atoms with Gasteiger partial charge in [-0.2, -0.15) is 0 Å². The molecule has 0 saturated carbocycles. The first-order chi connectivity index (χ1) is 14.8. The van der Waals surface area contributed by atoms with Gasteiger partial charge < -0.3 is 10.6 Å². The summed E-state index contributed by atoms with van der Waals surface area (Å²) < 4.78 is 0. The maximum Gasteiger partial charge on any atom is 0.186 e. The molecule has 0 aliphatic heterocycles. The van der Waals surface area contributed by atoms with Gasteiger partial charge in [0.25, 0.3) is 0 Å². The monoisotopic (exact) mass is 436 g/mol. The molecule has 0 saturated heterocycles. The summed E-state index contributed by atoms with van der Waals surface area (Å²) in [5.74, 6) is 1.38. The average Bonchev–Trinajstić information content (AvgIpc) is 3.22. The lowest BCUT2D eigenvalue weighted by molar-refractivity contribution is 0.783. The largest absolute Gasteiger partial charge is 0.342 e. The van der Waals surface area contributed by atoms with Crippen LogP contribution < -0.4 is 10.6 Å². The van der Waals surface area contributed by atoms with Crippen molar-refractivity contribution >= 4 is 16.5 Å². The van der Waals surface area contributed by atoms with Crippen LogP contribution in [-0.4, -0.2) is 23.1 Å². The molecule has 2 aromatic heterocycles. The van der Waals surface area contributed by atoms with E-state index in [0.29, 0.717) is 24.3 Å². The van der Waals surface area contributed by atoms with Gasteiger partial charge in [0, 0.05) is 43.0 Å². The fourth-order valence-electron chi connectivity index (χ4n) is 3.89. The molecule has 31 heavy (non-hydrogen) atoms. The molecule has 5 heteroatoms. The van der Waals surface area contributed by atoms with Crippen molar-refractivity contribution in [1.82, 2.24) is 9.97 Å². The molecule has 0 fully saturated rings. The normalized spacial score (nSPS) is 11.7. The van der Waals surface area contributed by atoms with Gasteiger partial charge in [0.1, 0.15) is 0 Å². The Bertz CT molecular complexity index is 947. The lowest BCUT2D eigenvalue weighted by Gasteiger charge is -2.23. The Labute approximate surface area is 191 Å². The van der Waals surface area contributed by atoms with Crippen molar-refractivity contribution in [2.45, 2.75) is 65.8 Å². The predicted molar refractivity (Wildman–Crippen MR) is 134 cm³/mol. The second-order valence-electron chi connectivity index (χ2n) is 9.13. The van der Waals surface area contributed by atoms with E-state index >= 15 is 0 Å². The number of pyridine rings is 1. The van der Waals surface area contributed by atoms with E-state index in [1.54, 1.807) is 17.5 Å². The third kappa shape index (κ3) is 5.52. The number of aromatic nitrogens is 2. The van der Waals surface area contributed by atoms with E-state index in [2.05, 4.69) is 75.0 Å². The van der Waals surface area contributed by atoms with E-state index in [1.165, 1.54) is 27.8 Å². The number of hydrogen-bond donors (Lipinski definition) is 1. The molecule has 2 heterocycles. The summed E-state index contributed by atoms with van der Waals surface area (Å²) in [6.07, 6.45) is 3.72. The lowest BCUT2D eigenvalue weighted by atomic mass is 9.83. The highest BCUT2D eigenvalue weighted by molar-refractivity contribution is 7.14. The van der Waals surface area contributed by atoms with E-state index in [1.807, 2.05) is 12.3 Å². The van der Waals surface area contributed by atoms with Crippen LogP contribution in [0.25, 0.3) is 11.3 Å². The summed E-state index contributed by atoms with van der Waals surface area (Å²) in [7, 11) is 0. The molecule has 0 aliphatic rings. The first-order valence-electron chi connectivity index (χ1n) is 11.3. The standard InChI is InChI=1S/C26H36N4S/c1-17(2)21-12-22(18(3)4)25(23(13-21)19(5)6)24-16-31-26(29-24)30(11-9-27)15-20-8-7-10-28-14-20/h7-8,10,12-14,16-19H,9,11,15,27H2,1-6H3. The molecule has 4 nitrogen and oxygen atoms in total. The number of thiazole rings is 1. The molecule has 3 aromatic rings. The maximum absolute atomic E-state index is 5.93. The topological polar surface area (TPSA) is 55.0 Å². The van der Waals surface area contributed by atoms with Crippen LogP contribution in [0, 0.1) is 0 Å². The summed E-state index contributed by atoms with van der Waals surface area (Å²) in [6.45, 7) is 15.8. The molecular weight excluding hydrogens is 400 g/mol. The third-order valence-corrected chi connectivity index (χ3v) is 6.55. The minimum Gasteiger partial charge on any atom is -0.342 e.